The van der Waals surface area contributed by atoms with Crippen molar-refractivity contribution in [3.63, 3.8) is 0 Å². The van der Waals surface area contributed by atoms with Crippen LogP contribution in [0.1, 0.15) is 49.3 Å². The summed E-state index contributed by atoms with van der Waals surface area (Å²) < 4.78 is 39.6. The fourth-order valence-electron chi connectivity index (χ4n) is 3.10. The number of nitrogens with two attached hydrogens (primary N) is 1. The average Bonchev–Trinajstić information content (AvgIpc) is 2.41. The molecule has 5 heteroatoms. The zero-order chi connectivity index (χ0) is 15.3. The number of alkyl halides is 3. The molecule has 2 N–H and O–H groups in total. The van der Waals surface area contributed by atoms with Gasteiger partial charge < -0.3 is 5.73 Å². The first-order valence-electron chi connectivity index (χ1n) is 7.64. The van der Waals surface area contributed by atoms with Crippen LogP contribution in [0, 0.1) is 0 Å². The minimum Gasteiger partial charge on any atom is -0.329 e. The van der Waals surface area contributed by atoms with E-state index in [4.69, 9.17) is 5.73 Å². The predicted molar refractivity (Wildman–Crippen MR) is 77.9 cm³/mol. The van der Waals surface area contributed by atoms with Crippen molar-refractivity contribution in [2.45, 2.75) is 44.3 Å². The number of hydrogen-bond acceptors (Lipinski definition) is 2. The first-order valence-corrected chi connectivity index (χ1v) is 7.64. The van der Waals surface area contributed by atoms with Gasteiger partial charge >= 0.3 is 6.18 Å². The van der Waals surface area contributed by atoms with E-state index in [1.807, 2.05) is 0 Å². The molecule has 0 spiro atoms. The van der Waals surface area contributed by atoms with Gasteiger partial charge in [-0.15, -0.1) is 0 Å². The van der Waals surface area contributed by atoms with Gasteiger partial charge in [-0.05, 0) is 37.6 Å². The largest absolute Gasteiger partial charge is 0.416 e. The molecule has 1 heterocycles. The van der Waals surface area contributed by atoms with E-state index in [1.165, 1.54) is 12.5 Å². The molecule has 1 atom stereocenters. The van der Waals surface area contributed by atoms with Crippen LogP contribution >= 0.6 is 0 Å². The normalized spacial score (nSPS) is 19.8. The molecule has 118 valence electrons. The van der Waals surface area contributed by atoms with Crippen molar-refractivity contribution >= 4 is 0 Å². The Morgan fingerprint density at radius 1 is 1.00 bits per heavy atom. The first-order chi connectivity index (χ1) is 10.0. The summed E-state index contributed by atoms with van der Waals surface area (Å²) in [5.41, 5.74) is 5.59. The summed E-state index contributed by atoms with van der Waals surface area (Å²) in [5, 5.41) is 0. The highest BCUT2D eigenvalue weighted by molar-refractivity contribution is 5.32. The second-order valence-electron chi connectivity index (χ2n) is 5.64. The zero-order valence-electron chi connectivity index (χ0n) is 12.2. The smallest absolute Gasteiger partial charge is 0.329 e. The lowest BCUT2D eigenvalue weighted by atomic mass is 9.97. The number of rotatable bonds is 3. The fraction of sp³-hybridized carbons (Fsp3) is 0.625. The SMILES string of the molecule is NCC(c1ccccc1C(F)(F)F)N1CCCCCCC1. The molecule has 21 heavy (non-hydrogen) atoms. The predicted octanol–water partition coefficient (Wildman–Crippen LogP) is 3.97. The van der Waals surface area contributed by atoms with Gasteiger partial charge in [-0.25, -0.2) is 0 Å². The highest BCUT2D eigenvalue weighted by atomic mass is 19.4. The third-order valence-corrected chi connectivity index (χ3v) is 4.18. The van der Waals surface area contributed by atoms with E-state index >= 15 is 0 Å². The number of nitrogens with zero attached hydrogens (tertiary/aromatic N) is 1. The molecule has 1 aliphatic heterocycles. The number of halogens is 3. The average molecular weight is 300 g/mol. The lowest BCUT2D eigenvalue weighted by Gasteiger charge is -2.34. The topological polar surface area (TPSA) is 29.3 Å². The molecule has 0 aromatic heterocycles. The van der Waals surface area contributed by atoms with Gasteiger partial charge in [0.25, 0.3) is 0 Å². The maximum atomic E-state index is 13.2. The van der Waals surface area contributed by atoms with Crippen molar-refractivity contribution < 1.29 is 13.2 Å². The second kappa shape index (κ2) is 7.27. The van der Waals surface area contributed by atoms with E-state index in [9.17, 15) is 13.2 Å². The van der Waals surface area contributed by atoms with Gasteiger partial charge in [0.2, 0.25) is 0 Å². The minimum absolute atomic E-state index is 0.215. The Balaban J connectivity index is 2.28. The summed E-state index contributed by atoms with van der Waals surface area (Å²) in [6, 6.07) is 5.48. The van der Waals surface area contributed by atoms with Crippen molar-refractivity contribution in [3.05, 3.63) is 35.4 Å². The minimum atomic E-state index is -4.33. The van der Waals surface area contributed by atoms with Gasteiger partial charge in [-0.1, -0.05) is 37.5 Å². The van der Waals surface area contributed by atoms with Gasteiger partial charge in [0.1, 0.15) is 0 Å². The summed E-state index contributed by atoms with van der Waals surface area (Å²) in [6.45, 7) is 1.87. The van der Waals surface area contributed by atoms with E-state index in [0.717, 1.165) is 44.8 Å². The Kier molecular flexibility index (Phi) is 5.65. The lowest BCUT2D eigenvalue weighted by molar-refractivity contribution is -0.138. The van der Waals surface area contributed by atoms with Crippen LogP contribution in [0.2, 0.25) is 0 Å². The summed E-state index contributed by atoms with van der Waals surface area (Å²) in [4.78, 5) is 2.13. The van der Waals surface area contributed by atoms with Crippen LogP contribution in [0.3, 0.4) is 0 Å². The molecule has 1 aromatic carbocycles. The molecule has 0 radical (unpaired) electrons. The molecule has 0 saturated carbocycles. The molecule has 1 aliphatic rings. The second-order valence-corrected chi connectivity index (χ2v) is 5.64. The molecular weight excluding hydrogens is 277 g/mol. The molecule has 1 unspecified atom stereocenters. The van der Waals surface area contributed by atoms with E-state index < -0.39 is 11.7 Å². The van der Waals surface area contributed by atoms with Crippen molar-refractivity contribution in [2.75, 3.05) is 19.6 Å². The van der Waals surface area contributed by atoms with Crippen LogP contribution in [0.4, 0.5) is 13.2 Å². The van der Waals surface area contributed by atoms with E-state index in [1.54, 1.807) is 12.1 Å². The van der Waals surface area contributed by atoms with E-state index in [-0.39, 0.29) is 12.6 Å². The standard InChI is InChI=1S/C16H23F3N2/c17-16(18,19)14-9-5-4-8-13(14)15(12-20)21-10-6-2-1-3-7-11-21/h4-5,8-9,15H,1-3,6-7,10-12,20H2. The first kappa shape index (κ1) is 16.3. The summed E-state index contributed by atoms with van der Waals surface area (Å²) in [5.74, 6) is 0. The molecule has 1 fully saturated rings. The Morgan fingerprint density at radius 2 is 1.57 bits per heavy atom. The maximum Gasteiger partial charge on any atom is 0.416 e. The molecule has 2 nitrogen and oxygen atoms in total. The lowest BCUT2D eigenvalue weighted by Crippen LogP contribution is -2.37. The van der Waals surface area contributed by atoms with E-state index in [2.05, 4.69) is 4.90 Å². The van der Waals surface area contributed by atoms with E-state index in [0.29, 0.717) is 5.56 Å². The molecule has 0 bridgehead atoms. The van der Waals surface area contributed by atoms with Crippen LogP contribution in [-0.2, 0) is 6.18 Å². The molecule has 2 rings (SSSR count). The van der Waals surface area contributed by atoms with Crippen LogP contribution in [-0.4, -0.2) is 24.5 Å². The quantitative estimate of drug-likeness (QED) is 0.915. The van der Waals surface area contributed by atoms with Gasteiger partial charge in [-0.3, -0.25) is 4.90 Å². The van der Waals surface area contributed by atoms with Crippen LogP contribution < -0.4 is 5.73 Å². The summed E-state index contributed by atoms with van der Waals surface area (Å²) in [7, 11) is 0. The van der Waals surface area contributed by atoms with Crippen LogP contribution in [0.5, 0.6) is 0 Å². The maximum absolute atomic E-state index is 13.2. The van der Waals surface area contributed by atoms with Crippen molar-refractivity contribution in [2.24, 2.45) is 5.73 Å². The van der Waals surface area contributed by atoms with Gasteiger partial charge in [-0.2, -0.15) is 13.2 Å². The molecular formula is C16H23F3N2. The summed E-state index contributed by atoms with van der Waals surface area (Å²) >= 11 is 0. The Labute approximate surface area is 124 Å². The Morgan fingerprint density at radius 3 is 2.14 bits per heavy atom. The Bertz CT molecular complexity index is 437. The third kappa shape index (κ3) is 4.20. The Hall–Kier alpha value is -1.07. The zero-order valence-corrected chi connectivity index (χ0v) is 12.2. The van der Waals surface area contributed by atoms with Crippen molar-refractivity contribution in [3.8, 4) is 0 Å². The monoisotopic (exact) mass is 300 g/mol. The van der Waals surface area contributed by atoms with Gasteiger partial charge in [0.15, 0.2) is 0 Å². The number of likely N-dealkylation sites (tertiary alicyclic amines) is 1. The third-order valence-electron chi connectivity index (χ3n) is 4.18. The molecule has 0 aliphatic carbocycles. The molecule has 0 amide bonds. The van der Waals surface area contributed by atoms with Crippen LogP contribution in [0.25, 0.3) is 0 Å². The summed E-state index contributed by atoms with van der Waals surface area (Å²) in [6.07, 6.45) is 1.26. The van der Waals surface area contributed by atoms with Gasteiger partial charge in [0.05, 0.1) is 5.56 Å². The van der Waals surface area contributed by atoms with Crippen molar-refractivity contribution in [1.82, 2.24) is 4.90 Å². The molecule has 1 aromatic rings. The van der Waals surface area contributed by atoms with Crippen molar-refractivity contribution in [1.29, 1.82) is 0 Å². The fourth-order valence-corrected chi connectivity index (χ4v) is 3.10. The highest BCUT2D eigenvalue weighted by Crippen LogP contribution is 2.36. The number of benzene rings is 1. The number of hydrogen-bond donors (Lipinski definition) is 1. The van der Waals surface area contributed by atoms with Crippen LogP contribution in [0.15, 0.2) is 24.3 Å². The highest BCUT2D eigenvalue weighted by Gasteiger charge is 2.35. The molecule has 1 saturated heterocycles. The van der Waals surface area contributed by atoms with Gasteiger partial charge in [0, 0.05) is 12.6 Å².